The molecule has 0 spiro atoms. The van der Waals surface area contributed by atoms with Crippen LogP contribution in [0.4, 0.5) is 0 Å². The van der Waals surface area contributed by atoms with Crippen LogP contribution in [0.25, 0.3) is 0 Å². The van der Waals surface area contributed by atoms with Gasteiger partial charge in [-0.1, -0.05) is 30.3 Å². The molecular weight excluding hydrogens is 254 g/mol. The molecule has 0 aromatic heterocycles. The van der Waals surface area contributed by atoms with Crippen LogP contribution >= 0.6 is 11.8 Å². The summed E-state index contributed by atoms with van der Waals surface area (Å²) in [4.78, 5) is 35.4. The minimum atomic E-state index is -1.02. The predicted molar refractivity (Wildman–Crippen MR) is 69.2 cm³/mol. The largest absolute Gasteiger partial charge is 0.479 e. The standard InChI is InChI=1S/C12H17NO4S/c1-7-4-10(12(16)17)13(5-7)11(15)8(2)6-18-9(3)14/h4,8,10H,5-6H2,1-3H3,(H,16,17). The van der Waals surface area contributed by atoms with Crippen molar-refractivity contribution in [3.8, 4) is 0 Å². The van der Waals surface area contributed by atoms with Crippen LogP contribution in [0.2, 0.25) is 0 Å². The van der Waals surface area contributed by atoms with E-state index < -0.39 is 12.0 Å². The van der Waals surface area contributed by atoms with Gasteiger partial charge in [0.15, 0.2) is 5.12 Å². The van der Waals surface area contributed by atoms with E-state index in [0.29, 0.717) is 12.3 Å². The number of carboxylic acids is 1. The van der Waals surface area contributed by atoms with Gasteiger partial charge in [0, 0.05) is 25.1 Å². The van der Waals surface area contributed by atoms with Gasteiger partial charge in [-0.15, -0.1) is 0 Å². The lowest BCUT2D eigenvalue weighted by molar-refractivity contribution is -0.148. The van der Waals surface area contributed by atoms with E-state index in [2.05, 4.69) is 0 Å². The maximum absolute atomic E-state index is 12.1. The highest BCUT2D eigenvalue weighted by atomic mass is 32.2. The molecule has 2 unspecified atom stereocenters. The average molecular weight is 271 g/mol. The second-order valence-electron chi connectivity index (χ2n) is 4.47. The number of rotatable bonds is 4. The van der Waals surface area contributed by atoms with E-state index in [-0.39, 0.29) is 16.9 Å². The van der Waals surface area contributed by atoms with Crippen LogP contribution in [-0.2, 0) is 14.4 Å². The highest BCUT2D eigenvalue weighted by molar-refractivity contribution is 8.13. The Morgan fingerprint density at radius 3 is 2.67 bits per heavy atom. The van der Waals surface area contributed by atoms with Crippen LogP contribution in [0.5, 0.6) is 0 Å². The SMILES string of the molecule is CC(=O)SCC(C)C(=O)N1CC(C)=CC1C(=O)O. The maximum Gasteiger partial charge on any atom is 0.330 e. The lowest BCUT2D eigenvalue weighted by Gasteiger charge is -2.24. The summed E-state index contributed by atoms with van der Waals surface area (Å²) >= 11 is 1.09. The molecule has 2 atom stereocenters. The van der Waals surface area contributed by atoms with E-state index in [0.717, 1.165) is 17.3 Å². The van der Waals surface area contributed by atoms with Gasteiger partial charge in [-0.05, 0) is 6.92 Å². The zero-order valence-corrected chi connectivity index (χ0v) is 11.5. The molecule has 0 aliphatic carbocycles. The number of carbonyl (C=O) groups is 3. The molecule has 0 aromatic carbocycles. The smallest absolute Gasteiger partial charge is 0.330 e. The first-order chi connectivity index (χ1) is 8.32. The van der Waals surface area contributed by atoms with Crippen molar-refractivity contribution >= 4 is 28.8 Å². The van der Waals surface area contributed by atoms with E-state index in [9.17, 15) is 14.4 Å². The number of nitrogens with zero attached hydrogens (tertiary/aromatic N) is 1. The molecule has 0 saturated carbocycles. The fraction of sp³-hybridized carbons (Fsp3) is 0.583. The van der Waals surface area contributed by atoms with Gasteiger partial charge < -0.3 is 10.0 Å². The molecule has 0 fully saturated rings. The zero-order valence-electron chi connectivity index (χ0n) is 10.7. The van der Waals surface area contributed by atoms with Crippen molar-refractivity contribution in [3.63, 3.8) is 0 Å². The number of aliphatic carboxylic acids is 1. The molecule has 0 aromatic rings. The Balaban J connectivity index is 2.66. The van der Waals surface area contributed by atoms with E-state index in [1.54, 1.807) is 19.9 Å². The third kappa shape index (κ3) is 3.60. The Kier molecular flexibility index (Phi) is 4.95. The van der Waals surface area contributed by atoms with Crippen molar-refractivity contribution in [1.29, 1.82) is 0 Å². The summed E-state index contributed by atoms with van der Waals surface area (Å²) in [6, 6.07) is -0.873. The molecule has 1 N–H and O–H groups in total. The highest BCUT2D eigenvalue weighted by Gasteiger charge is 2.34. The molecule has 1 heterocycles. The summed E-state index contributed by atoms with van der Waals surface area (Å²) in [6.45, 7) is 5.32. The molecule has 1 amide bonds. The first-order valence-electron chi connectivity index (χ1n) is 5.67. The molecule has 0 bridgehead atoms. The number of hydrogen-bond donors (Lipinski definition) is 1. The van der Waals surface area contributed by atoms with E-state index in [4.69, 9.17) is 5.11 Å². The fourth-order valence-corrected chi connectivity index (χ4v) is 2.42. The van der Waals surface area contributed by atoms with Crippen molar-refractivity contribution < 1.29 is 19.5 Å². The molecule has 18 heavy (non-hydrogen) atoms. The number of carbonyl (C=O) groups excluding carboxylic acids is 2. The van der Waals surface area contributed by atoms with Crippen molar-refractivity contribution in [2.75, 3.05) is 12.3 Å². The molecular formula is C12H17NO4S. The van der Waals surface area contributed by atoms with E-state index in [1.807, 2.05) is 0 Å². The van der Waals surface area contributed by atoms with Crippen LogP contribution in [0.3, 0.4) is 0 Å². The molecule has 1 aliphatic heterocycles. The van der Waals surface area contributed by atoms with Crippen LogP contribution in [0, 0.1) is 5.92 Å². The summed E-state index contributed by atoms with van der Waals surface area (Å²) in [5.41, 5.74) is 0.877. The number of thioether (sulfide) groups is 1. The minimum Gasteiger partial charge on any atom is -0.479 e. The predicted octanol–water partition coefficient (Wildman–Crippen LogP) is 1.14. The van der Waals surface area contributed by atoms with Gasteiger partial charge in [0.1, 0.15) is 6.04 Å². The van der Waals surface area contributed by atoms with Crippen LogP contribution < -0.4 is 0 Å². The molecule has 1 rings (SSSR count). The third-order valence-electron chi connectivity index (χ3n) is 2.69. The second-order valence-corrected chi connectivity index (χ2v) is 5.66. The number of carboxylic acid groups (broad SMARTS) is 1. The van der Waals surface area contributed by atoms with E-state index in [1.165, 1.54) is 11.8 Å². The van der Waals surface area contributed by atoms with Gasteiger partial charge in [-0.2, -0.15) is 0 Å². The number of amides is 1. The van der Waals surface area contributed by atoms with Crippen LogP contribution in [-0.4, -0.2) is 45.3 Å². The molecule has 1 aliphatic rings. The quantitative estimate of drug-likeness (QED) is 0.776. The first-order valence-corrected chi connectivity index (χ1v) is 6.65. The Hall–Kier alpha value is -1.30. The Bertz CT molecular complexity index is 405. The van der Waals surface area contributed by atoms with E-state index >= 15 is 0 Å². The minimum absolute atomic E-state index is 0.0415. The second kappa shape index (κ2) is 6.04. The molecule has 0 radical (unpaired) electrons. The summed E-state index contributed by atoms with van der Waals surface area (Å²) in [5.74, 6) is -1.22. The average Bonchev–Trinajstić information content (AvgIpc) is 2.67. The number of hydrogen-bond acceptors (Lipinski definition) is 4. The molecule has 5 nitrogen and oxygen atoms in total. The van der Waals surface area contributed by atoms with Crippen molar-refractivity contribution in [3.05, 3.63) is 11.6 Å². The molecule has 100 valence electrons. The van der Waals surface area contributed by atoms with Crippen molar-refractivity contribution in [2.45, 2.75) is 26.8 Å². The third-order valence-corrected chi connectivity index (χ3v) is 3.77. The topological polar surface area (TPSA) is 74.7 Å². The van der Waals surface area contributed by atoms with Gasteiger partial charge in [0.2, 0.25) is 5.91 Å². The lowest BCUT2D eigenvalue weighted by atomic mass is 10.1. The van der Waals surface area contributed by atoms with Crippen molar-refractivity contribution in [1.82, 2.24) is 4.90 Å². The monoisotopic (exact) mass is 271 g/mol. The van der Waals surface area contributed by atoms with Gasteiger partial charge in [-0.3, -0.25) is 9.59 Å². The summed E-state index contributed by atoms with van der Waals surface area (Å²) in [7, 11) is 0. The summed E-state index contributed by atoms with van der Waals surface area (Å²) in [6.07, 6.45) is 1.59. The summed E-state index contributed by atoms with van der Waals surface area (Å²) < 4.78 is 0. The summed E-state index contributed by atoms with van der Waals surface area (Å²) in [5, 5.41) is 9.01. The maximum atomic E-state index is 12.1. The normalized spacial score (nSPS) is 20.5. The highest BCUT2D eigenvalue weighted by Crippen LogP contribution is 2.21. The first kappa shape index (κ1) is 14.8. The molecule has 6 heteroatoms. The van der Waals surface area contributed by atoms with Gasteiger partial charge in [-0.25, -0.2) is 4.79 Å². The zero-order chi connectivity index (χ0) is 13.9. The fourth-order valence-electron chi connectivity index (χ4n) is 1.80. The Morgan fingerprint density at radius 1 is 1.56 bits per heavy atom. The Morgan fingerprint density at radius 2 is 2.17 bits per heavy atom. The van der Waals surface area contributed by atoms with Gasteiger partial charge in [0.05, 0.1) is 0 Å². The van der Waals surface area contributed by atoms with Crippen molar-refractivity contribution in [2.24, 2.45) is 5.92 Å². The lowest BCUT2D eigenvalue weighted by Crippen LogP contribution is -2.44. The van der Waals surface area contributed by atoms with Crippen LogP contribution in [0.1, 0.15) is 20.8 Å². The molecule has 0 saturated heterocycles. The Labute approximate surface area is 110 Å². The van der Waals surface area contributed by atoms with Gasteiger partial charge >= 0.3 is 5.97 Å². The van der Waals surface area contributed by atoms with Crippen LogP contribution in [0.15, 0.2) is 11.6 Å². The van der Waals surface area contributed by atoms with Gasteiger partial charge in [0.25, 0.3) is 0 Å².